The fourth-order valence-corrected chi connectivity index (χ4v) is 3.32. The number of nitrogens with zero attached hydrogens (tertiary/aromatic N) is 3. The first-order valence-electron chi connectivity index (χ1n) is 8.60. The summed E-state index contributed by atoms with van der Waals surface area (Å²) in [7, 11) is 0. The molecule has 0 unspecified atom stereocenters. The van der Waals surface area contributed by atoms with E-state index in [1.807, 2.05) is 0 Å². The summed E-state index contributed by atoms with van der Waals surface area (Å²) < 4.78 is 0. The topological polar surface area (TPSA) is 104 Å². The Kier molecular flexibility index (Phi) is 4.74. The van der Waals surface area contributed by atoms with Crippen molar-refractivity contribution in [1.29, 1.82) is 0 Å². The molecule has 8 heteroatoms. The van der Waals surface area contributed by atoms with E-state index in [-0.39, 0.29) is 23.0 Å². The second-order valence-electron chi connectivity index (χ2n) is 6.32. The molecule has 29 heavy (non-hydrogen) atoms. The van der Waals surface area contributed by atoms with Gasteiger partial charge in [-0.2, -0.15) is 0 Å². The van der Waals surface area contributed by atoms with Crippen molar-refractivity contribution in [3.63, 3.8) is 0 Å². The van der Waals surface area contributed by atoms with Gasteiger partial charge in [0, 0.05) is 23.0 Å². The number of anilines is 1. The number of aromatic nitrogens is 2. The highest BCUT2D eigenvalue weighted by Crippen LogP contribution is 2.41. The molecule has 2 heterocycles. The highest BCUT2D eigenvalue weighted by Gasteiger charge is 2.48. The number of halogens is 1. The quantitative estimate of drug-likeness (QED) is 0.391. The number of Topliss-reactive ketones (excluding diaryl/α,β-unsaturated/α-hetero) is 1. The van der Waals surface area contributed by atoms with Gasteiger partial charge in [0.1, 0.15) is 11.5 Å². The van der Waals surface area contributed by atoms with Crippen LogP contribution in [0.5, 0.6) is 5.75 Å². The zero-order valence-electron chi connectivity index (χ0n) is 14.9. The number of phenols is 1. The fraction of sp³-hybridized carbons (Fsp3) is 0.0476. The normalized spacial score (nSPS) is 18.2. The van der Waals surface area contributed by atoms with Gasteiger partial charge in [-0.15, -0.1) is 0 Å². The van der Waals surface area contributed by atoms with E-state index in [0.29, 0.717) is 16.1 Å². The first-order chi connectivity index (χ1) is 14.0. The third-order valence-electron chi connectivity index (χ3n) is 4.54. The molecule has 0 bridgehead atoms. The summed E-state index contributed by atoms with van der Waals surface area (Å²) in [6.07, 6.45) is 2.91. The molecule has 7 nitrogen and oxygen atoms in total. The van der Waals surface area contributed by atoms with Gasteiger partial charge in [-0.25, -0.2) is 9.97 Å². The maximum absolute atomic E-state index is 12.9. The molecule has 1 aliphatic rings. The van der Waals surface area contributed by atoms with E-state index in [9.17, 15) is 19.8 Å². The predicted molar refractivity (Wildman–Crippen MR) is 106 cm³/mol. The number of carbonyl (C=O) groups is 2. The van der Waals surface area contributed by atoms with Gasteiger partial charge < -0.3 is 10.2 Å². The molecule has 1 aliphatic heterocycles. The van der Waals surface area contributed by atoms with Crippen LogP contribution in [0.3, 0.4) is 0 Å². The standard InChI is InChI=1S/C21H14ClN3O4/c22-14-6-2-13(3-7-14)18(27)16-17(12-4-8-15(26)9-5-12)25(20(29)19(16)28)21-23-10-1-11-24-21/h1-11,17,26-27H/t17-/m1/s1. The van der Waals surface area contributed by atoms with Crippen LogP contribution in [0.25, 0.3) is 5.76 Å². The number of aliphatic hydroxyl groups excluding tert-OH is 1. The van der Waals surface area contributed by atoms with Crippen molar-refractivity contribution in [3.05, 3.63) is 88.7 Å². The van der Waals surface area contributed by atoms with Crippen LogP contribution in [0.1, 0.15) is 17.2 Å². The molecule has 144 valence electrons. The molecule has 1 amide bonds. The number of aromatic hydroxyl groups is 1. The summed E-state index contributed by atoms with van der Waals surface area (Å²) in [5, 5.41) is 21.0. The van der Waals surface area contributed by atoms with E-state index in [1.165, 1.54) is 24.5 Å². The molecule has 2 N–H and O–H groups in total. The van der Waals surface area contributed by atoms with Crippen molar-refractivity contribution in [2.75, 3.05) is 4.90 Å². The van der Waals surface area contributed by atoms with Gasteiger partial charge in [-0.3, -0.25) is 14.5 Å². The smallest absolute Gasteiger partial charge is 0.302 e. The lowest BCUT2D eigenvalue weighted by Crippen LogP contribution is -2.31. The van der Waals surface area contributed by atoms with Crippen molar-refractivity contribution in [1.82, 2.24) is 9.97 Å². The number of amides is 1. The van der Waals surface area contributed by atoms with Gasteiger partial charge in [0.2, 0.25) is 5.95 Å². The average molecular weight is 408 g/mol. The minimum atomic E-state index is -0.964. The molecule has 0 spiro atoms. The highest BCUT2D eigenvalue weighted by atomic mass is 35.5. The van der Waals surface area contributed by atoms with Crippen LogP contribution >= 0.6 is 11.6 Å². The van der Waals surface area contributed by atoms with Gasteiger partial charge in [-0.05, 0) is 48.0 Å². The summed E-state index contributed by atoms with van der Waals surface area (Å²) >= 11 is 5.90. The largest absolute Gasteiger partial charge is 0.508 e. The maximum atomic E-state index is 12.9. The molecule has 0 aliphatic carbocycles. The predicted octanol–water partition coefficient (Wildman–Crippen LogP) is 3.46. The van der Waals surface area contributed by atoms with Crippen molar-refractivity contribution >= 4 is 35.0 Å². The number of rotatable bonds is 3. The van der Waals surface area contributed by atoms with E-state index in [0.717, 1.165) is 4.90 Å². The lowest BCUT2D eigenvalue weighted by molar-refractivity contribution is -0.132. The number of phenolic OH excluding ortho intramolecular Hbond substituents is 1. The van der Waals surface area contributed by atoms with Gasteiger partial charge in [0.15, 0.2) is 0 Å². The first kappa shape index (κ1) is 18.6. The van der Waals surface area contributed by atoms with E-state index in [4.69, 9.17) is 11.6 Å². The minimum absolute atomic E-state index is 0.0272. The lowest BCUT2D eigenvalue weighted by Gasteiger charge is -2.23. The number of aliphatic hydroxyl groups is 1. The summed E-state index contributed by atoms with van der Waals surface area (Å²) in [6, 6.07) is 12.9. The molecular formula is C21H14ClN3O4. The molecule has 3 aromatic rings. The molecule has 1 saturated heterocycles. The molecule has 0 radical (unpaired) electrons. The molecule has 1 atom stereocenters. The zero-order valence-corrected chi connectivity index (χ0v) is 15.6. The fourth-order valence-electron chi connectivity index (χ4n) is 3.19. The Morgan fingerprint density at radius 3 is 2.21 bits per heavy atom. The Morgan fingerprint density at radius 2 is 1.59 bits per heavy atom. The molecule has 0 saturated carbocycles. The average Bonchev–Trinajstić information content (AvgIpc) is 3.00. The Bertz CT molecular complexity index is 1110. The van der Waals surface area contributed by atoms with Gasteiger partial charge in [0.05, 0.1) is 11.6 Å². The summed E-state index contributed by atoms with van der Waals surface area (Å²) in [5.74, 6) is -1.99. The maximum Gasteiger partial charge on any atom is 0.302 e. The van der Waals surface area contributed by atoms with Crippen LogP contribution in [-0.4, -0.2) is 31.9 Å². The van der Waals surface area contributed by atoms with Crippen LogP contribution in [0, 0.1) is 0 Å². The van der Waals surface area contributed by atoms with Gasteiger partial charge >= 0.3 is 5.91 Å². The third-order valence-corrected chi connectivity index (χ3v) is 4.79. The third kappa shape index (κ3) is 3.32. The van der Waals surface area contributed by atoms with Crippen LogP contribution in [-0.2, 0) is 9.59 Å². The molecule has 1 fully saturated rings. The number of hydrogen-bond donors (Lipinski definition) is 2. The Morgan fingerprint density at radius 1 is 0.966 bits per heavy atom. The highest BCUT2D eigenvalue weighted by molar-refractivity contribution is 6.51. The summed E-state index contributed by atoms with van der Waals surface area (Å²) in [5.41, 5.74) is 0.741. The van der Waals surface area contributed by atoms with Crippen LogP contribution < -0.4 is 4.90 Å². The van der Waals surface area contributed by atoms with Crippen molar-refractivity contribution in [2.24, 2.45) is 0 Å². The van der Waals surface area contributed by atoms with E-state index in [1.54, 1.807) is 42.5 Å². The Labute approximate surface area is 170 Å². The molecule has 1 aromatic heterocycles. The van der Waals surface area contributed by atoms with E-state index >= 15 is 0 Å². The summed E-state index contributed by atoms with van der Waals surface area (Å²) in [6.45, 7) is 0. The van der Waals surface area contributed by atoms with Gasteiger partial charge in [-0.1, -0.05) is 23.7 Å². The van der Waals surface area contributed by atoms with E-state index < -0.39 is 17.7 Å². The van der Waals surface area contributed by atoms with Crippen LogP contribution in [0.2, 0.25) is 5.02 Å². The molecule has 2 aromatic carbocycles. The lowest BCUT2D eigenvalue weighted by atomic mass is 9.95. The zero-order chi connectivity index (χ0) is 20.5. The second-order valence-corrected chi connectivity index (χ2v) is 6.75. The minimum Gasteiger partial charge on any atom is -0.508 e. The van der Waals surface area contributed by atoms with Gasteiger partial charge in [0.25, 0.3) is 5.78 Å². The number of ketones is 1. The van der Waals surface area contributed by atoms with Crippen LogP contribution in [0.4, 0.5) is 5.95 Å². The monoisotopic (exact) mass is 407 g/mol. The van der Waals surface area contributed by atoms with Crippen molar-refractivity contribution in [2.45, 2.75) is 6.04 Å². The molecular weight excluding hydrogens is 394 g/mol. The Hall–Kier alpha value is -3.71. The van der Waals surface area contributed by atoms with Crippen molar-refractivity contribution in [3.8, 4) is 5.75 Å². The number of hydrogen-bond acceptors (Lipinski definition) is 6. The Balaban J connectivity index is 1.94. The second kappa shape index (κ2) is 7.37. The van der Waals surface area contributed by atoms with Crippen molar-refractivity contribution < 1.29 is 19.8 Å². The SMILES string of the molecule is O=C1C(=O)N(c2ncccn2)[C@H](c2ccc(O)cc2)C1=C(O)c1ccc(Cl)cc1. The first-order valence-corrected chi connectivity index (χ1v) is 8.98. The number of benzene rings is 2. The number of carbonyl (C=O) groups excluding carboxylic acids is 2. The van der Waals surface area contributed by atoms with E-state index in [2.05, 4.69) is 9.97 Å². The summed E-state index contributed by atoms with van der Waals surface area (Å²) in [4.78, 5) is 35.0. The van der Waals surface area contributed by atoms with Crippen LogP contribution in [0.15, 0.2) is 72.6 Å². The molecule has 4 rings (SSSR count).